The Kier molecular flexibility index (Phi) is 5.17. The van der Waals surface area contributed by atoms with Crippen molar-refractivity contribution in [2.75, 3.05) is 12.0 Å². The molecule has 1 aliphatic heterocycles. The fraction of sp³-hybridized carbons (Fsp3) is 0.200. The van der Waals surface area contributed by atoms with Gasteiger partial charge in [0, 0.05) is 17.6 Å². The monoisotopic (exact) mass is 463 g/mol. The molecule has 0 aliphatic carbocycles. The molecular formula is C25H22FN3O3S. The number of amides is 2. The molecule has 3 heterocycles. The minimum Gasteiger partial charge on any atom is -0.497 e. The average molecular weight is 464 g/mol. The summed E-state index contributed by atoms with van der Waals surface area (Å²) in [5.41, 5.74) is 0.746. The number of hydrogen-bond acceptors (Lipinski definition) is 4. The maximum atomic E-state index is 13.7. The summed E-state index contributed by atoms with van der Waals surface area (Å²) < 4.78 is 20.4. The number of ether oxygens (including phenoxy) is 1. The Morgan fingerprint density at radius 2 is 1.88 bits per heavy atom. The van der Waals surface area contributed by atoms with Gasteiger partial charge >= 0.3 is 0 Å². The van der Waals surface area contributed by atoms with Gasteiger partial charge in [-0.3, -0.25) is 14.5 Å². The van der Waals surface area contributed by atoms with Crippen molar-refractivity contribution in [3.8, 4) is 5.75 Å². The largest absolute Gasteiger partial charge is 0.497 e. The first-order chi connectivity index (χ1) is 15.9. The number of fused-ring (bicyclic) bond motifs is 3. The van der Waals surface area contributed by atoms with Crippen molar-refractivity contribution >= 4 is 39.1 Å². The summed E-state index contributed by atoms with van der Waals surface area (Å²) in [7, 11) is 1.58. The number of nitrogens with one attached hydrogen (secondary N) is 1. The lowest BCUT2D eigenvalue weighted by atomic mass is 9.93. The Bertz CT molecular complexity index is 1340. The topological polar surface area (TPSA) is 63.6 Å². The van der Waals surface area contributed by atoms with Gasteiger partial charge in [-0.15, -0.1) is 11.3 Å². The number of hydrogen-bond donors (Lipinski definition) is 1. The molecule has 0 fully saturated rings. The molecule has 168 valence electrons. The Balaban J connectivity index is 1.54. The summed E-state index contributed by atoms with van der Waals surface area (Å²) in [6, 6.07) is 16.9. The van der Waals surface area contributed by atoms with Crippen LogP contribution in [-0.2, 0) is 17.9 Å². The number of carbonyl (C=O) groups is 2. The van der Waals surface area contributed by atoms with Crippen molar-refractivity contribution in [1.29, 1.82) is 0 Å². The zero-order chi connectivity index (χ0) is 23.2. The minimum absolute atomic E-state index is 0.228. The van der Waals surface area contributed by atoms with Crippen molar-refractivity contribution in [1.82, 2.24) is 9.88 Å². The van der Waals surface area contributed by atoms with Gasteiger partial charge in [0.2, 0.25) is 5.91 Å². The molecule has 2 aromatic heterocycles. The second-order valence-corrected chi connectivity index (χ2v) is 9.11. The molecule has 2 aromatic carbocycles. The van der Waals surface area contributed by atoms with Gasteiger partial charge < -0.3 is 14.6 Å². The molecule has 0 bridgehead atoms. The van der Waals surface area contributed by atoms with Crippen molar-refractivity contribution in [2.24, 2.45) is 0 Å². The highest BCUT2D eigenvalue weighted by molar-refractivity contribution is 7.16. The quantitative estimate of drug-likeness (QED) is 0.471. The second kappa shape index (κ2) is 8.04. The SMILES string of the molecule is COc1ccc(N2C(=O)c3cc4ccsc4n3CC2(C)C(=O)NCc2ccc(F)cc2)cc1. The molecule has 1 aliphatic rings. The van der Waals surface area contributed by atoms with E-state index >= 15 is 0 Å². The van der Waals surface area contributed by atoms with Crippen LogP contribution in [0.15, 0.2) is 66.0 Å². The third-order valence-electron chi connectivity index (χ3n) is 6.07. The summed E-state index contributed by atoms with van der Waals surface area (Å²) in [6.45, 7) is 2.31. The van der Waals surface area contributed by atoms with Gasteiger partial charge in [-0.2, -0.15) is 0 Å². The molecular weight excluding hydrogens is 441 g/mol. The van der Waals surface area contributed by atoms with E-state index in [1.54, 1.807) is 66.7 Å². The molecule has 1 N–H and O–H groups in total. The van der Waals surface area contributed by atoms with Crippen LogP contribution in [-0.4, -0.2) is 29.0 Å². The van der Waals surface area contributed by atoms with Gasteiger partial charge in [0.1, 0.15) is 27.6 Å². The molecule has 2 amide bonds. The number of aromatic nitrogens is 1. The molecule has 0 radical (unpaired) electrons. The van der Waals surface area contributed by atoms with Crippen molar-refractivity contribution < 1.29 is 18.7 Å². The van der Waals surface area contributed by atoms with E-state index in [1.807, 2.05) is 22.1 Å². The molecule has 0 saturated heterocycles. The highest BCUT2D eigenvalue weighted by Gasteiger charge is 2.48. The number of benzene rings is 2. The summed E-state index contributed by atoms with van der Waals surface area (Å²) >= 11 is 1.55. The van der Waals surface area contributed by atoms with Crippen LogP contribution in [0.3, 0.4) is 0 Å². The van der Waals surface area contributed by atoms with E-state index in [9.17, 15) is 14.0 Å². The molecule has 0 saturated carbocycles. The van der Waals surface area contributed by atoms with Crippen LogP contribution >= 0.6 is 11.3 Å². The van der Waals surface area contributed by atoms with Crippen LogP contribution in [0.5, 0.6) is 5.75 Å². The maximum absolute atomic E-state index is 13.7. The minimum atomic E-state index is -1.19. The number of halogens is 1. The van der Waals surface area contributed by atoms with Gasteiger partial charge in [-0.25, -0.2) is 4.39 Å². The molecule has 1 atom stereocenters. The number of anilines is 1. The smallest absolute Gasteiger partial charge is 0.275 e. The van der Waals surface area contributed by atoms with Crippen LogP contribution in [0.2, 0.25) is 0 Å². The summed E-state index contributed by atoms with van der Waals surface area (Å²) in [5, 5.41) is 5.90. The summed E-state index contributed by atoms with van der Waals surface area (Å²) in [4.78, 5) is 29.9. The number of thiophene rings is 1. The first kappa shape index (κ1) is 21.2. The molecule has 5 rings (SSSR count). The van der Waals surface area contributed by atoms with Crippen LogP contribution in [0, 0.1) is 5.82 Å². The predicted molar refractivity (Wildman–Crippen MR) is 126 cm³/mol. The zero-order valence-corrected chi connectivity index (χ0v) is 19.0. The Hall–Kier alpha value is -3.65. The number of methoxy groups -OCH3 is 1. The van der Waals surface area contributed by atoms with Gasteiger partial charge in [0.05, 0.1) is 13.7 Å². The van der Waals surface area contributed by atoms with Crippen LogP contribution in [0.25, 0.3) is 10.2 Å². The first-order valence-electron chi connectivity index (χ1n) is 10.5. The van der Waals surface area contributed by atoms with Crippen LogP contribution in [0.1, 0.15) is 23.0 Å². The van der Waals surface area contributed by atoms with E-state index in [-0.39, 0.29) is 24.2 Å². The van der Waals surface area contributed by atoms with E-state index in [0.717, 1.165) is 15.8 Å². The Morgan fingerprint density at radius 1 is 1.15 bits per heavy atom. The molecule has 8 heteroatoms. The molecule has 4 aromatic rings. The fourth-order valence-electron chi connectivity index (χ4n) is 4.31. The first-order valence-corrected chi connectivity index (χ1v) is 11.4. The Labute approximate surface area is 194 Å². The molecule has 6 nitrogen and oxygen atoms in total. The van der Waals surface area contributed by atoms with Gasteiger partial charge in [0.25, 0.3) is 5.91 Å². The highest BCUT2D eigenvalue weighted by Crippen LogP contribution is 2.37. The van der Waals surface area contributed by atoms with Crippen LogP contribution < -0.4 is 15.0 Å². The van der Waals surface area contributed by atoms with Crippen molar-refractivity contribution in [3.05, 3.63) is 83.1 Å². The van der Waals surface area contributed by atoms with Crippen molar-refractivity contribution in [2.45, 2.75) is 25.6 Å². The van der Waals surface area contributed by atoms with Gasteiger partial charge in [-0.1, -0.05) is 12.1 Å². The van der Waals surface area contributed by atoms with Crippen LogP contribution in [0.4, 0.5) is 10.1 Å². The van der Waals surface area contributed by atoms with E-state index in [1.165, 1.54) is 12.1 Å². The normalized spacial score (nSPS) is 17.8. The van der Waals surface area contributed by atoms with E-state index in [2.05, 4.69) is 5.32 Å². The Morgan fingerprint density at radius 3 is 2.58 bits per heavy atom. The predicted octanol–water partition coefficient (Wildman–Crippen LogP) is 4.59. The van der Waals surface area contributed by atoms with E-state index in [4.69, 9.17) is 4.74 Å². The summed E-state index contributed by atoms with van der Waals surface area (Å²) in [5.74, 6) is -0.204. The summed E-state index contributed by atoms with van der Waals surface area (Å²) in [6.07, 6.45) is 0. The maximum Gasteiger partial charge on any atom is 0.275 e. The standard InChI is InChI=1S/C25H22FN3O3S/c1-25(24(31)27-14-16-3-5-18(26)6-4-16)15-28-21(13-17-11-12-33-23(17)28)22(30)29(25)19-7-9-20(32-2)10-8-19/h3-13H,14-15H2,1-2H3,(H,27,31). The molecule has 33 heavy (non-hydrogen) atoms. The van der Waals surface area contributed by atoms with E-state index in [0.29, 0.717) is 23.7 Å². The highest BCUT2D eigenvalue weighted by atomic mass is 32.1. The zero-order valence-electron chi connectivity index (χ0n) is 18.2. The van der Waals surface area contributed by atoms with Gasteiger partial charge in [-0.05, 0) is 66.4 Å². The number of rotatable bonds is 5. The molecule has 0 spiro atoms. The number of carbonyl (C=O) groups excluding carboxylic acids is 2. The lowest BCUT2D eigenvalue weighted by molar-refractivity contribution is -0.126. The second-order valence-electron chi connectivity index (χ2n) is 8.22. The average Bonchev–Trinajstić information content (AvgIpc) is 3.41. The van der Waals surface area contributed by atoms with Gasteiger partial charge in [0.15, 0.2) is 0 Å². The number of nitrogens with zero attached hydrogens (tertiary/aromatic N) is 2. The van der Waals surface area contributed by atoms with Crippen molar-refractivity contribution in [3.63, 3.8) is 0 Å². The fourth-order valence-corrected chi connectivity index (χ4v) is 5.21. The van der Waals surface area contributed by atoms with E-state index < -0.39 is 5.54 Å². The lowest BCUT2D eigenvalue weighted by Gasteiger charge is -2.44. The lowest BCUT2D eigenvalue weighted by Crippen LogP contribution is -2.64. The third kappa shape index (κ3) is 3.56. The molecule has 1 unspecified atom stereocenters. The third-order valence-corrected chi connectivity index (χ3v) is 7.02.